The fraction of sp³-hybridized carbons (Fsp3) is 0.812. The average molecular weight is 264 g/mol. The highest BCUT2D eigenvalue weighted by Gasteiger charge is 2.30. The minimum Gasteiger partial charge on any atom is -0.411 e. The second kappa shape index (κ2) is 7.09. The Labute approximate surface area is 117 Å². The number of hydrogen-bond donors (Lipinski definition) is 1. The normalized spacial score (nSPS) is 29.4. The molecule has 0 aromatic carbocycles. The Morgan fingerprint density at radius 2 is 1.95 bits per heavy atom. The Morgan fingerprint density at radius 3 is 2.58 bits per heavy atom. The van der Waals surface area contributed by atoms with Gasteiger partial charge in [0.15, 0.2) is 0 Å². The fourth-order valence-electron chi connectivity index (χ4n) is 3.68. The Kier molecular flexibility index (Phi) is 5.44. The lowest BCUT2D eigenvalue weighted by Crippen LogP contribution is -2.40. The molecular formula is C16H28N2O. The van der Waals surface area contributed by atoms with Gasteiger partial charge in [-0.3, -0.25) is 0 Å². The number of rotatable bonds is 5. The highest BCUT2D eigenvalue weighted by atomic mass is 16.4. The van der Waals surface area contributed by atoms with Crippen LogP contribution in [0, 0.1) is 5.92 Å². The smallest absolute Gasteiger partial charge is 0.0795 e. The van der Waals surface area contributed by atoms with Crippen LogP contribution in [0.3, 0.4) is 0 Å². The van der Waals surface area contributed by atoms with Crippen molar-refractivity contribution in [2.75, 3.05) is 13.1 Å². The van der Waals surface area contributed by atoms with E-state index in [4.69, 9.17) is 5.21 Å². The van der Waals surface area contributed by atoms with Gasteiger partial charge < -0.3 is 10.1 Å². The average Bonchev–Trinajstić information content (AvgIpc) is 2.46. The molecule has 0 saturated heterocycles. The highest BCUT2D eigenvalue weighted by molar-refractivity contribution is 5.96. The molecular weight excluding hydrogens is 236 g/mol. The van der Waals surface area contributed by atoms with Crippen LogP contribution in [0.1, 0.15) is 58.8 Å². The van der Waals surface area contributed by atoms with Gasteiger partial charge in [0.2, 0.25) is 0 Å². The molecule has 108 valence electrons. The van der Waals surface area contributed by atoms with Gasteiger partial charge in [0.05, 0.1) is 5.71 Å². The molecule has 0 aromatic rings. The summed E-state index contributed by atoms with van der Waals surface area (Å²) in [5, 5.41) is 12.4. The van der Waals surface area contributed by atoms with Crippen LogP contribution in [0.25, 0.3) is 0 Å². The van der Waals surface area contributed by atoms with E-state index < -0.39 is 0 Å². The summed E-state index contributed by atoms with van der Waals surface area (Å²) < 4.78 is 0. The van der Waals surface area contributed by atoms with E-state index in [1.165, 1.54) is 57.2 Å². The molecule has 1 N–H and O–H groups in total. The van der Waals surface area contributed by atoms with Crippen LogP contribution in [0.4, 0.5) is 0 Å². The molecule has 2 aliphatic carbocycles. The van der Waals surface area contributed by atoms with Gasteiger partial charge in [-0.2, -0.15) is 0 Å². The lowest BCUT2D eigenvalue weighted by molar-refractivity contribution is 0.158. The van der Waals surface area contributed by atoms with Gasteiger partial charge in [0.1, 0.15) is 0 Å². The number of allylic oxidation sites excluding steroid dienone is 1. The first-order valence-electron chi connectivity index (χ1n) is 7.93. The zero-order valence-electron chi connectivity index (χ0n) is 12.4. The first kappa shape index (κ1) is 14.6. The Morgan fingerprint density at radius 1 is 1.21 bits per heavy atom. The first-order valence-corrected chi connectivity index (χ1v) is 7.93. The quantitative estimate of drug-likeness (QED) is 0.605. The summed E-state index contributed by atoms with van der Waals surface area (Å²) in [5.74, 6) is 0.756. The molecule has 0 spiro atoms. The minimum absolute atomic E-state index is 0.709. The first-order chi connectivity index (χ1) is 9.28. The maximum absolute atomic E-state index is 8.96. The molecule has 3 heteroatoms. The predicted molar refractivity (Wildman–Crippen MR) is 79.8 cm³/mol. The number of oxime groups is 1. The summed E-state index contributed by atoms with van der Waals surface area (Å²) >= 11 is 0. The van der Waals surface area contributed by atoms with Gasteiger partial charge in [-0.15, -0.1) is 0 Å². The molecule has 0 unspecified atom stereocenters. The van der Waals surface area contributed by atoms with Gasteiger partial charge >= 0.3 is 0 Å². The summed E-state index contributed by atoms with van der Waals surface area (Å²) in [6.45, 7) is 6.98. The summed E-state index contributed by atoms with van der Waals surface area (Å²) in [5.41, 5.74) is 2.41. The SMILES string of the molecule is CCCN(CCC)[C@H]1CC[C@@H]2CC/C(=N\O)C=C2C1. The van der Waals surface area contributed by atoms with E-state index in [-0.39, 0.29) is 0 Å². The Bertz CT molecular complexity index is 343. The lowest BCUT2D eigenvalue weighted by Gasteiger charge is -2.39. The number of nitrogens with zero attached hydrogens (tertiary/aromatic N) is 2. The summed E-state index contributed by atoms with van der Waals surface area (Å²) in [6.07, 6.45) is 10.6. The standard InChI is InChI=1S/C16H28N2O/c1-3-9-18(10-4-2)16-8-6-13-5-7-15(17-19)11-14(13)12-16/h11,13,16,19H,3-10,12H2,1-2H3/b17-15+/t13-,16-/m0/s1. The molecule has 2 atom stereocenters. The lowest BCUT2D eigenvalue weighted by atomic mass is 9.75. The van der Waals surface area contributed by atoms with Crippen molar-refractivity contribution in [1.82, 2.24) is 4.90 Å². The van der Waals surface area contributed by atoms with E-state index in [0.29, 0.717) is 6.04 Å². The molecule has 0 radical (unpaired) electrons. The van der Waals surface area contributed by atoms with E-state index in [0.717, 1.165) is 18.1 Å². The van der Waals surface area contributed by atoms with E-state index in [1.807, 2.05) is 0 Å². The van der Waals surface area contributed by atoms with E-state index in [1.54, 1.807) is 0 Å². The largest absolute Gasteiger partial charge is 0.411 e. The van der Waals surface area contributed by atoms with Crippen molar-refractivity contribution in [3.63, 3.8) is 0 Å². The maximum atomic E-state index is 8.96. The molecule has 1 fully saturated rings. The van der Waals surface area contributed by atoms with Crippen molar-refractivity contribution in [2.45, 2.75) is 64.8 Å². The molecule has 2 aliphatic rings. The van der Waals surface area contributed by atoms with Crippen LogP contribution in [-0.2, 0) is 0 Å². The Balaban J connectivity index is 2.04. The molecule has 3 nitrogen and oxygen atoms in total. The van der Waals surface area contributed by atoms with Gasteiger partial charge in [0.25, 0.3) is 0 Å². The molecule has 0 bridgehead atoms. The third-order valence-corrected chi connectivity index (χ3v) is 4.61. The van der Waals surface area contributed by atoms with Crippen LogP contribution in [0.5, 0.6) is 0 Å². The topological polar surface area (TPSA) is 35.8 Å². The van der Waals surface area contributed by atoms with Crippen molar-refractivity contribution in [1.29, 1.82) is 0 Å². The monoisotopic (exact) mass is 264 g/mol. The van der Waals surface area contributed by atoms with Crippen molar-refractivity contribution in [2.24, 2.45) is 11.1 Å². The number of hydrogen-bond acceptors (Lipinski definition) is 3. The van der Waals surface area contributed by atoms with Crippen molar-refractivity contribution in [3.8, 4) is 0 Å². The van der Waals surface area contributed by atoms with Gasteiger partial charge in [-0.1, -0.05) is 24.6 Å². The molecule has 0 amide bonds. The maximum Gasteiger partial charge on any atom is 0.0795 e. The summed E-state index contributed by atoms with van der Waals surface area (Å²) in [7, 11) is 0. The Hall–Kier alpha value is -0.830. The highest BCUT2D eigenvalue weighted by Crippen LogP contribution is 2.37. The molecule has 1 saturated carbocycles. The predicted octanol–water partition coefficient (Wildman–Crippen LogP) is 3.83. The van der Waals surface area contributed by atoms with Crippen LogP contribution < -0.4 is 0 Å². The molecule has 0 aliphatic heterocycles. The zero-order chi connectivity index (χ0) is 13.7. The van der Waals surface area contributed by atoms with Crippen LogP contribution in [-0.4, -0.2) is 35.0 Å². The summed E-state index contributed by atoms with van der Waals surface area (Å²) in [4.78, 5) is 2.67. The molecule has 19 heavy (non-hydrogen) atoms. The summed E-state index contributed by atoms with van der Waals surface area (Å²) in [6, 6.07) is 0.709. The zero-order valence-corrected chi connectivity index (χ0v) is 12.4. The van der Waals surface area contributed by atoms with E-state index in [2.05, 4.69) is 30.0 Å². The van der Waals surface area contributed by atoms with Gasteiger partial charge in [0, 0.05) is 6.04 Å². The fourth-order valence-corrected chi connectivity index (χ4v) is 3.68. The third kappa shape index (κ3) is 3.59. The van der Waals surface area contributed by atoms with E-state index in [9.17, 15) is 0 Å². The van der Waals surface area contributed by atoms with Crippen molar-refractivity contribution < 1.29 is 5.21 Å². The third-order valence-electron chi connectivity index (χ3n) is 4.61. The van der Waals surface area contributed by atoms with Crippen molar-refractivity contribution in [3.05, 3.63) is 11.6 Å². The van der Waals surface area contributed by atoms with Crippen LogP contribution in [0.15, 0.2) is 16.8 Å². The second-order valence-corrected chi connectivity index (χ2v) is 6.02. The van der Waals surface area contributed by atoms with E-state index >= 15 is 0 Å². The molecule has 2 rings (SSSR count). The van der Waals surface area contributed by atoms with Crippen LogP contribution >= 0.6 is 0 Å². The molecule has 0 aromatic heterocycles. The van der Waals surface area contributed by atoms with Gasteiger partial charge in [-0.05, 0) is 70.0 Å². The second-order valence-electron chi connectivity index (χ2n) is 6.02. The molecule has 0 heterocycles. The minimum atomic E-state index is 0.709. The number of fused-ring (bicyclic) bond motifs is 1. The van der Waals surface area contributed by atoms with Crippen molar-refractivity contribution >= 4 is 5.71 Å². The van der Waals surface area contributed by atoms with Gasteiger partial charge in [-0.25, -0.2) is 0 Å². The van der Waals surface area contributed by atoms with Crippen LogP contribution in [0.2, 0.25) is 0 Å².